The number of aliphatic hydroxyl groups excluding tert-OH is 7. The molecular formula is C13H24O11. The number of rotatable bonds is 5. The van der Waals surface area contributed by atoms with Crippen LogP contribution in [0.25, 0.3) is 0 Å². The van der Waals surface area contributed by atoms with Crippen molar-refractivity contribution in [2.24, 2.45) is 0 Å². The van der Waals surface area contributed by atoms with Crippen LogP contribution in [0.5, 0.6) is 0 Å². The van der Waals surface area contributed by atoms with E-state index in [-0.39, 0.29) is 0 Å². The zero-order chi connectivity index (χ0) is 18.0. The van der Waals surface area contributed by atoms with E-state index in [2.05, 4.69) is 0 Å². The highest BCUT2D eigenvalue weighted by Gasteiger charge is 2.50. The second kappa shape index (κ2) is 8.29. The molecule has 0 bridgehead atoms. The normalized spacial score (nSPS) is 50.0. The molecule has 0 radical (unpaired) electrons. The summed E-state index contributed by atoms with van der Waals surface area (Å²) in [5.74, 6) is 0. The molecule has 2 aliphatic heterocycles. The molecule has 0 aromatic heterocycles. The van der Waals surface area contributed by atoms with Crippen LogP contribution < -0.4 is 0 Å². The van der Waals surface area contributed by atoms with Gasteiger partial charge < -0.3 is 54.7 Å². The second-order valence-electron chi connectivity index (χ2n) is 5.74. The number of hydrogen-bond acceptors (Lipinski definition) is 11. The lowest BCUT2D eigenvalue weighted by atomic mass is 9.97. The fraction of sp³-hybridized carbons (Fsp3) is 1.00. The monoisotopic (exact) mass is 356 g/mol. The van der Waals surface area contributed by atoms with Crippen molar-refractivity contribution < 1.29 is 54.7 Å². The Kier molecular flexibility index (Phi) is 6.87. The van der Waals surface area contributed by atoms with Crippen LogP contribution >= 0.6 is 0 Å². The first-order valence-electron chi connectivity index (χ1n) is 7.46. The minimum absolute atomic E-state index is 0.592. The SMILES string of the molecule is CO[C@H]1O[C@H](CO)[C@@H](O[C@@H]2O[C@H](CO)[C@H](O)[C@H](O)[C@H]2O)[C@H](O)[C@@H]1O. The maximum Gasteiger partial charge on any atom is 0.187 e. The second-order valence-corrected chi connectivity index (χ2v) is 5.74. The van der Waals surface area contributed by atoms with Crippen LogP contribution in [0.15, 0.2) is 0 Å². The van der Waals surface area contributed by atoms with Gasteiger partial charge in [-0.3, -0.25) is 0 Å². The van der Waals surface area contributed by atoms with Gasteiger partial charge in [0.15, 0.2) is 12.6 Å². The van der Waals surface area contributed by atoms with Crippen molar-refractivity contribution in [3.8, 4) is 0 Å². The molecule has 142 valence electrons. The van der Waals surface area contributed by atoms with Crippen molar-refractivity contribution in [3.05, 3.63) is 0 Å². The van der Waals surface area contributed by atoms with Crippen LogP contribution in [0, 0.1) is 0 Å². The molecule has 2 heterocycles. The molecule has 0 amide bonds. The molecule has 2 fully saturated rings. The van der Waals surface area contributed by atoms with E-state index >= 15 is 0 Å². The summed E-state index contributed by atoms with van der Waals surface area (Å²) in [4.78, 5) is 0. The molecule has 0 unspecified atom stereocenters. The van der Waals surface area contributed by atoms with Gasteiger partial charge in [-0.15, -0.1) is 0 Å². The number of hydrogen-bond donors (Lipinski definition) is 7. The van der Waals surface area contributed by atoms with Gasteiger partial charge in [0.2, 0.25) is 0 Å². The number of ether oxygens (including phenoxy) is 4. The van der Waals surface area contributed by atoms with E-state index in [1.807, 2.05) is 0 Å². The van der Waals surface area contributed by atoms with Crippen molar-refractivity contribution in [1.82, 2.24) is 0 Å². The third-order valence-corrected chi connectivity index (χ3v) is 4.19. The van der Waals surface area contributed by atoms with Gasteiger partial charge in [-0.05, 0) is 0 Å². The zero-order valence-electron chi connectivity index (χ0n) is 13.0. The van der Waals surface area contributed by atoms with E-state index in [9.17, 15) is 30.6 Å². The van der Waals surface area contributed by atoms with E-state index in [4.69, 9.17) is 24.1 Å². The Morgan fingerprint density at radius 1 is 0.708 bits per heavy atom. The van der Waals surface area contributed by atoms with E-state index in [0.29, 0.717) is 0 Å². The van der Waals surface area contributed by atoms with Crippen LogP contribution in [0.3, 0.4) is 0 Å². The average molecular weight is 356 g/mol. The molecule has 7 N–H and O–H groups in total. The summed E-state index contributed by atoms with van der Waals surface area (Å²) in [5.41, 5.74) is 0. The van der Waals surface area contributed by atoms with E-state index in [1.54, 1.807) is 0 Å². The zero-order valence-corrected chi connectivity index (χ0v) is 13.0. The van der Waals surface area contributed by atoms with Gasteiger partial charge in [-0.1, -0.05) is 0 Å². The summed E-state index contributed by atoms with van der Waals surface area (Å²) < 4.78 is 20.6. The molecule has 11 nitrogen and oxygen atoms in total. The quantitative estimate of drug-likeness (QED) is 0.251. The molecule has 11 heteroatoms. The summed E-state index contributed by atoms with van der Waals surface area (Å²) in [5, 5.41) is 68.0. The maximum atomic E-state index is 10.2. The molecule has 2 saturated heterocycles. The maximum absolute atomic E-state index is 10.2. The Bertz CT molecular complexity index is 392. The smallest absolute Gasteiger partial charge is 0.187 e. The Hall–Kier alpha value is -0.440. The van der Waals surface area contributed by atoms with Crippen LogP contribution in [0.2, 0.25) is 0 Å². The van der Waals surface area contributed by atoms with Crippen LogP contribution in [-0.4, -0.2) is 117 Å². The molecule has 0 spiro atoms. The van der Waals surface area contributed by atoms with Gasteiger partial charge in [0.1, 0.15) is 48.8 Å². The topological polar surface area (TPSA) is 179 Å². The molecule has 2 aliphatic rings. The van der Waals surface area contributed by atoms with Gasteiger partial charge in [0.25, 0.3) is 0 Å². The van der Waals surface area contributed by atoms with E-state index in [0.717, 1.165) is 0 Å². The first-order chi connectivity index (χ1) is 11.3. The predicted molar refractivity (Wildman–Crippen MR) is 73.4 cm³/mol. The summed E-state index contributed by atoms with van der Waals surface area (Å²) in [6, 6.07) is 0. The van der Waals surface area contributed by atoms with Crippen molar-refractivity contribution >= 4 is 0 Å². The minimum atomic E-state index is -1.69. The van der Waals surface area contributed by atoms with Crippen LogP contribution in [0.1, 0.15) is 0 Å². The highest BCUT2D eigenvalue weighted by Crippen LogP contribution is 2.29. The first kappa shape index (κ1) is 19.9. The average Bonchev–Trinajstić information content (AvgIpc) is 2.59. The molecule has 0 saturated carbocycles. The third-order valence-electron chi connectivity index (χ3n) is 4.19. The molecule has 0 aliphatic carbocycles. The molecule has 0 aromatic carbocycles. The predicted octanol–water partition coefficient (Wildman–Crippen LogP) is -4.74. The van der Waals surface area contributed by atoms with E-state index in [1.165, 1.54) is 7.11 Å². The lowest BCUT2D eigenvalue weighted by Gasteiger charge is -2.45. The summed E-state index contributed by atoms with van der Waals surface area (Å²) in [6.45, 7) is -1.24. The number of aliphatic hydroxyl groups is 7. The lowest BCUT2D eigenvalue weighted by molar-refractivity contribution is -0.357. The summed E-state index contributed by atoms with van der Waals surface area (Å²) in [7, 11) is 1.24. The van der Waals surface area contributed by atoms with Gasteiger partial charge >= 0.3 is 0 Å². The Labute approximate surface area is 137 Å². The van der Waals surface area contributed by atoms with Gasteiger partial charge in [0, 0.05) is 7.11 Å². The van der Waals surface area contributed by atoms with Crippen molar-refractivity contribution in [1.29, 1.82) is 0 Å². The van der Waals surface area contributed by atoms with Crippen molar-refractivity contribution in [3.63, 3.8) is 0 Å². The largest absolute Gasteiger partial charge is 0.394 e. The Morgan fingerprint density at radius 2 is 1.25 bits per heavy atom. The number of methoxy groups -OCH3 is 1. The molecule has 24 heavy (non-hydrogen) atoms. The Morgan fingerprint density at radius 3 is 1.79 bits per heavy atom. The van der Waals surface area contributed by atoms with Crippen molar-refractivity contribution in [2.45, 2.75) is 61.4 Å². The lowest BCUT2D eigenvalue weighted by Crippen LogP contribution is -2.64. The van der Waals surface area contributed by atoms with Gasteiger partial charge in [0.05, 0.1) is 13.2 Å². The van der Waals surface area contributed by atoms with E-state index < -0.39 is 74.6 Å². The van der Waals surface area contributed by atoms with Crippen LogP contribution in [-0.2, 0) is 18.9 Å². The minimum Gasteiger partial charge on any atom is -0.394 e. The van der Waals surface area contributed by atoms with Crippen LogP contribution in [0.4, 0.5) is 0 Å². The standard InChI is InChI=1S/C13H24O11/c1-21-12-10(20)8(18)11(5(3-15)23-12)24-13-9(19)7(17)6(16)4(2-14)22-13/h4-20H,2-3H2,1H3/t4-,5-,6+,7+,8-,9-,10+,11-,12+,13+/m1/s1. The van der Waals surface area contributed by atoms with Gasteiger partial charge in [-0.2, -0.15) is 0 Å². The summed E-state index contributed by atoms with van der Waals surface area (Å²) >= 11 is 0. The first-order valence-corrected chi connectivity index (χ1v) is 7.46. The molecule has 2 rings (SSSR count). The molecular weight excluding hydrogens is 332 g/mol. The van der Waals surface area contributed by atoms with Gasteiger partial charge in [-0.25, -0.2) is 0 Å². The highest BCUT2D eigenvalue weighted by molar-refractivity contribution is 4.93. The molecule has 0 aromatic rings. The fourth-order valence-corrected chi connectivity index (χ4v) is 2.75. The van der Waals surface area contributed by atoms with Crippen molar-refractivity contribution in [2.75, 3.05) is 20.3 Å². The third kappa shape index (κ3) is 3.71. The Balaban J connectivity index is 2.12. The molecule has 10 atom stereocenters. The fourth-order valence-electron chi connectivity index (χ4n) is 2.75. The summed E-state index contributed by atoms with van der Waals surface area (Å²) in [6.07, 6.45) is -14.3. The highest BCUT2D eigenvalue weighted by atomic mass is 16.7.